The third-order valence-electron chi connectivity index (χ3n) is 1.94. The monoisotopic (exact) mass is 129 g/mol. The molecular formula is C6H11NO2. The molecule has 3 nitrogen and oxygen atoms in total. The summed E-state index contributed by atoms with van der Waals surface area (Å²) in [6, 6.07) is -0.338. The number of rotatable bonds is 1. The summed E-state index contributed by atoms with van der Waals surface area (Å²) >= 11 is 0. The molecule has 0 aliphatic heterocycles. The van der Waals surface area contributed by atoms with Gasteiger partial charge in [-0.1, -0.05) is 0 Å². The van der Waals surface area contributed by atoms with Gasteiger partial charge in [-0.2, -0.15) is 0 Å². The van der Waals surface area contributed by atoms with Crippen LogP contribution in [0, 0.1) is 0 Å². The lowest BCUT2D eigenvalue weighted by atomic mass is 10.0. The van der Waals surface area contributed by atoms with Crippen LogP contribution in [0.3, 0.4) is 0 Å². The van der Waals surface area contributed by atoms with Crippen molar-refractivity contribution in [2.75, 3.05) is 0 Å². The van der Waals surface area contributed by atoms with Crippen molar-refractivity contribution < 1.29 is 9.90 Å². The highest BCUT2D eigenvalue weighted by Gasteiger charge is 2.38. The number of carbonyl (C=O) groups excluding carboxylic acids is 1. The molecule has 9 heavy (non-hydrogen) atoms. The summed E-state index contributed by atoms with van der Waals surface area (Å²) in [6.07, 6.45) is 2.70. The minimum absolute atomic E-state index is 0.338. The molecule has 1 rings (SSSR count). The van der Waals surface area contributed by atoms with E-state index in [0.717, 1.165) is 12.8 Å². The molecule has 2 unspecified atom stereocenters. The van der Waals surface area contributed by atoms with Gasteiger partial charge in [0.15, 0.2) is 6.29 Å². The van der Waals surface area contributed by atoms with Crippen molar-refractivity contribution in [2.45, 2.75) is 30.9 Å². The highest BCUT2D eigenvalue weighted by molar-refractivity contribution is 5.64. The van der Waals surface area contributed by atoms with Crippen LogP contribution >= 0.6 is 0 Å². The molecule has 1 aliphatic rings. The van der Waals surface area contributed by atoms with Gasteiger partial charge in [0.05, 0.1) is 0 Å². The van der Waals surface area contributed by atoms with Gasteiger partial charge in [0.1, 0.15) is 5.60 Å². The Bertz CT molecular complexity index is 126. The minimum Gasteiger partial charge on any atom is -0.381 e. The summed E-state index contributed by atoms with van der Waals surface area (Å²) in [5, 5.41) is 9.28. The van der Waals surface area contributed by atoms with Crippen LogP contribution in [-0.2, 0) is 4.79 Å². The summed E-state index contributed by atoms with van der Waals surface area (Å²) in [4.78, 5) is 10.2. The minimum atomic E-state index is -1.21. The average Bonchev–Trinajstić information content (AvgIpc) is 2.15. The van der Waals surface area contributed by atoms with E-state index >= 15 is 0 Å². The Kier molecular flexibility index (Phi) is 1.55. The van der Waals surface area contributed by atoms with Gasteiger partial charge in [-0.05, 0) is 19.3 Å². The second-order valence-electron chi connectivity index (χ2n) is 2.61. The number of hydrogen-bond acceptors (Lipinski definition) is 3. The smallest absolute Gasteiger partial charge is 0.153 e. The molecule has 2 atom stereocenters. The number of hydrogen-bond donors (Lipinski definition) is 2. The third kappa shape index (κ3) is 0.976. The molecule has 1 fully saturated rings. The molecule has 52 valence electrons. The van der Waals surface area contributed by atoms with Crippen molar-refractivity contribution in [3.05, 3.63) is 0 Å². The Morgan fingerprint density at radius 3 is 2.67 bits per heavy atom. The second kappa shape index (κ2) is 2.08. The van der Waals surface area contributed by atoms with Crippen molar-refractivity contribution in [1.82, 2.24) is 0 Å². The first-order valence-corrected chi connectivity index (χ1v) is 3.13. The van der Waals surface area contributed by atoms with E-state index < -0.39 is 5.60 Å². The summed E-state index contributed by atoms with van der Waals surface area (Å²) in [5.41, 5.74) is 4.23. The molecule has 0 saturated heterocycles. The molecule has 0 heterocycles. The van der Waals surface area contributed by atoms with Crippen LogP contribution < -0.4 is 5.73 Å². The van der Waals surface area contributed by atoms with Crippen LogP contribution in [0.5, 0.6) is 0 Å². The lowest BCUT2D eigenvalue weighted by molar-refractivity contribution is -0.124. The maximum absolute atomic E-state index is 10.2. The molecule has 0 amide bonds. The van der Waals surface area contributed by atoms with E-state index in [1.54, 1.807) is 0 Å². The van der Waals surface area contributed by atoms with Crippen LogP contribution in [0.25, 0.3) is 0 Å². The SMILES string of the molecule is NC1CCCC1(O)C=O. The predicted molar refractivity (Wildman–Crippen MR) is 32.8 cm³/mol. The Morgan fingerprint density at radius 2 is 2.44 bits per heavy atom. The normalized spacial score (nSPS) is 43.1. The zero-order valence-electron chi connectivity index (χ0n) is 5.21. The molecule has 0 aromatic carbocycles. The van der Waals surface area contributed by atoms with E-state index in [4.69, 9.17) is 5.73 Å². The van der Waals surface area contributed by atoms with Gasteiger partial charge in [-0.25, -0.2) is 0 Å². The Hall–Kier alpha value is -0.410. The van der Waals surface area contributed by atoms with E-state index in [2.05, 4.69) is 0 Å². The van der Waals surface area contributed by atoms with Gasteiger partial charge < -0.3 is 15.6 Å². The van der Waals surface area contributed by atoms with Crippen LogP contribution in [0.1, 0.15) is 19.3 Å². The lowest BCUT2D eigenvalue weighted by Crippen LogP contribution is -2.44. The topological polar surface area (TPSA) is 63.3 Å². The van der Waals surface area contributed by atoms with E-state index in [1.165, 1.54) is 0 Å². The van der Waals surface area contributed by atoms with Crippen LogP contribution in [-0.4, -0.2) is 23.0 Å². The molecule has 0 radical (unpaired) electrons. The number of aliphatic hydroxyl groups is 1. The first-order valence-electron chi connectivity index (χ1n) is 3.13. The Morgan fingerprint density at radius 1 is 1.78 bits per heavy atom. The zero-order valence-corrected chi connectivity index (χ0v) is 5.21. The molecule has 1 saturated carbocycles. The number of carbonyl (C=O) groups is 1. The largest absolute Gasteiger partial charge is 0.381 e. The Balaban J connectivity index is 2.66. The van der Waals surface area contributed by atoms with Gasteiger partial charge in [-0.3, -0.25) is 0 Å². The molecule has 3 heteroatoms. The summed E-state index contributed by atoms with van der Waals surface area (Å²) in [6.45, 7) is 0. The molecule has 3 N–H and O–H groups in total. The molecule has 0 spiro atoms. The van der Waals surface area contributed by atoms with Gasteiger partial charge in [0, 0.05) is 6.04 Å². The Labute approximate surface area is 53.9 Å². The number of aldehydes is 1. The fourth-order valence-corrected chi connectivity index (χ4v) is 1.19. The average molecular weight is 129 g/mol. The van der Waals surface area contributed by atoms with Gasteiger partial charge in [-0.15, -0.1) is 0 Å². The van der Waals surface area contributed by atoms with Gasteiger partial charge in [0.2, 0.25) is 0 Å². The second-order valence-corrected chi connectivity index (χ2v) is 2.61. The fourth-order valence-electron chi connectivity index (χ4n) is 1.19. The molecule has 0 aromatic heterocycles. The predicted octanol–water partition coefficient (Wildman–Crippen LogP) is -0.572. The van der Waals surface area contributed by atoms with Crippen molar-refractivity contribution in [1.29, 1.82) is 0 Å². The maximum Gasteiger partial charge on any atom is 0.153 e. The van der Waals surface area contributed by atoms with E-state index in [0.29, 0.717) is 12.7 Å². The zero-order chi connectivity index (χ0) is 6.91. The van der Waals surface area contributed by atoms with Gasteiger partial charge in [0.25, 0.3) is 0 Å². The third-order valence-corrected chi connectivity index (χ3v) is 1.94. The van der Waals surface area contributed by atoms with E-state index in [9.17, 15) is 9.90 Å². The molecule has 0 aromatic rings. The quantitative estimate of drug-likeness (QED) is 0.466. The van der Waals surface area contributed by atoms with E-state index in [-0.39, 0.29) is 6.04 Å². The summed E-state index contributed by atoms with van der Waals surface area (Å²) in [5.74, 6) is 0. The molecular weight excluding hydrogens is 118 g/mol. The van der Waals surface area contributed by atoms with Crippen LogP contribution in [0.2, 0.25) is 0 Å². The van der Waals surface area contributed by atoms with Crippen LogP contribution in [0.15, 0.2) is 0 Å². The van der Waals surface area contributed by atoms with Crippen molar-refractivity contribution in [3.63, 3.8) is 0 Å². The lowest BCUT2D eigenvalue weighted by Gasteiger charge is -2.18. The standard InChI is InChI=1S/C6H11NO2/c7-5-2-1-3-6(5,9)4-8/h4-5,9H,1-3,7H2. The first kappa shape index (κ1) is 6.71. The maximum atomic E-state index is 10.2. The first-order chi connectivity index (χ1) is 4.19. The van der Waals surface area contributed by atoms with Crippen molar-refractivity contribution in [3.8, 4) is 0 Å². The van der Waals surface area contributed by atoms with Crippen molar-refractivity contribution in [2.24, 2.45) is 5.73 Å². The highest BCUT2D eigenvalue weighted by Crippen LogP contribution is 2.26. The van der Waals surface area contributed by atoms with Crippen molar-refractivity contribution >= 4 is 6.29 Å². The summed E-state index contributed by atoms with van der Waals surface area (Å²) < 4.78 is 0. The molecule has 0 bridgehead atoms. The fraction of sp³-hybridized carbons (Fsp3) is 0.833. The van der Waals surface area contributed by atoms with Crippen LogP contribution in [0.4, 0.5) is 0 Å². The highest BCUT2D eigenvalue weighted by atomic mass is 16.3. The van der Waals surface area contributed by atoms with E-state index in [1.807, 2.05) is 0 Å². The molecule has 1 aliphatic carbocycles. The number of nitrogens with two attached hydrogens (primary N) is 1. The summed E-state index contributed by atoms with van der Waals surface area (Å²) in [7, 11) is 0. The van der Waals surface area contributed by atoms with Gasteiger partial charge >= 0.3 is 0 Å².